The Morgan fingerprint density at radius 2 is 1.15 bits per heavy atom. The van der Waals surface area contributed by atoms with Gasteiger partial charge in [-0.2, -0.15) is 7.82 Å². The van der Waals surface area contributed by atoms with Gasteiger partial charge in [0.1, 0.15) is 5.75 Å². The average Bonchev–Trinajstić information content (AvgIpc) is 2.49. The third-order valence-electron chi connectivity index (χ3n) is 3.79. The Labute approximate surface area is 231 Å². The molecule has 1 aromatic carbocycles. The molecular weight excluding hydrogens is 396 g/mol. The summed E-state index contributed by atoms with van der Waals surface area (Å²) in [6.45, 7) is 2.27. The number of phosphoric acid groups is 1. The van der Waals surface area contributed by atoms with E-state index in [1.165, 1.54) is 64.2 Å². The van der Waals surface area contributed by atoms with Crippen LogP contribution >= 0.6 is 7.82 Å². The first-order chi connectivity index (χ1) is 11.3. The van der Waals surface area contributed by atoms with Crippen LogP contribution in [-0.2, 0) is 11.0 Å². The number of phenolic OH excluding ortho intramolecular Hbond substituents is 1. The second-order valence-electron chi connectivity index (χ2n) is 6.01. The Balaban J connectivity index is -0.000000294. The standard InChI is InChI=1S/C18H30O.3Na.H3O4P/c1-2-3-4-5-6-7-8-9-10-11-14-17-15-12-13-16-18(17)19;;;;1-5(2,3)4/h12-13,15-16,19H,2-11,14H2,1H3;;;;(H3,1,2,3,4)/q;3*+1;/p-3. The maximum Gasteiger partial charge on any atom is 1.00 e. The van der Waals surface area contributed by atoms with E-state index in [4.69, 9.17) is 19.2 Å². The molecule has 0 spiro atoms. The molecule has 5 nitrogen and oxygen atoms in total. The minimum Gasteiger partial charge on any atom is -0.822 e. The molecule has 0 saturated heterocycles. The van der Waals surface area contributed by atoms with Crippen molar-refractivity contribution in [1.29, 1.82) is 0 Å². The molecule has 9 heteroatoms. The summed E-state index contributed by atoms with van der Waals surface area (Å²) in [5.41, 5.74) is 1.10. The zero-order chi connectivity index (χ0) is 18.3. The van der Waals surface area contributed by atoms with Crippen molar-refractivity contribution in [2.24, 2.45) is 0 Å². The van der Waals surface area contributed by atoms with Crippen molar-refractivity contribution < 1.29 is 113 Å². The first-order valence-electron chi connectivity index (χ1n) is 8.84. The minimum atomic E-state index is -5.39. The van der Waals surface area contributed by atoms with Crippen molar-refractivity contribution in [3.8, 4) is 5.75 Å². The van der Waals surface area contributed by atoms with E-state index in [1.807, 2.05) is 18.2 Å². The average molecular weight is 426 g/mol. The van der Waals surface area contributed by atoms with E-state index in [-0.39, 0.29) is 88.7 Å². The van der Waals surface area contributed by atoms with Crippen LogP contribution in [0.1, 0.15) is 76.7 Å². The first kappa shape index (κ1) is 36.5. The Hall–Kier alpha value is 2.13. The van der Waals surface area contributed by atoms with Crippen LogP contribution in [0.2, 0.25) is 0 Å². The van der Waals surface area contributed by atoms with Gasteiger partial charge in [0.05, 0.1) is 0 Å². The molecule has 0 atom stereocenters. The van der Waals surface area contributed by atoms with Crippen LogP contribution in [0.3, 0.4) is 0 Å². The van der Waals surface area contributed by atoms with Crippen molar-refractivity contribution in [3.63, 3.8) is 0 Å². The van der Waals surface area contributed by atoms with Crippen molar-refractivity contribution in [2.45, 2.75) is 77.6 Å². The van der Waals surface area contributed by atoms with Crippen molar-refractivity contribution >= 4 is 7.82 Å². The number of benzene rings is 1. The molecule has 1 rings (SSSR count). The number of hydrogen-bond acceptors (Lipinski definition) is 5. The topological polar surface area (TPSA) is 106 Å². The third-order valence-corrected chi connectivity index (χ3v) is 3.79. The fourth-order valence-electron chi connectivity index (χ4n) is 2.53. The number of aromatic hydroxyl groups is 1. The van der Waals surface area contributed by atoms with E-state index in [0.717, 1.165) is 12.0 Å². The Morgan fingerprint density at radius 1 is 0.778 bits per heavy atom. The van der Waals surface area contributed by atoms with E-state index in [2.05, 4.69) is 6.92 Å². The normalized spacial score (nSPS) is 9.78. The fraction of sp³-hybridized carbons (Fsp3) is 0.667. The molecule has 0 saturated carbocycles. The summed E-state index contributed by atoms with van der Waals surface area (Å²) in [5, 5.41) is 9.65. The van der Waals surface area contributed by atoms with Crippen LogP contribution < -0.4 is 103 Å². The van der Waals surface area contributed by atoms with Crippen LogP contribution in [0.5, 0.6) is 5.75 Å². The maximum atomic E-state index is 9.65. The molecule has 0 amide bonds. The number of phenols is 1. The maximum absolute atomic E-state index is 9.65. The molecule has 1 aromatic rings. The van der Waals surface area contributed by atoms with Crippen LogP contribution in [0.4, 0.5) is 0 Å². The summed E-state index contributed by atoms with van der Waals surface area (Å²) in [6.07, 6.45) is 14.6. The van der Waals surface area contributed by atoms with Crippen LogP contribution in [0.25, 0.3) is 0 Å². The number of unbranched alkanes of at least 4 members (excludes halogenated alkanes) is 9. The molecule has 0 bridgehead atoms. The number of para-hydroxylation sites is 1. The molecule has 140 valence electrons. The summed E-state index contributed by atoms with van der Waals surface area (Å²) < 4.78 is 8.55. The number of hydrogen-bond donors (Lipinski definition) is 1. The molecule has 0 fully saturated rings. The zero-order valence-corrected chi connectivity index (χ0v) is 24.5. The van der Waals surface area contributed by atoms with Gasteiger partial charge in [0.2, 0.25) is 0 Å². The third kappa shape index (κ3) is 30.4. The van der Waals surface area contributed by atoms with Gasteiger partial charge in [-0.05, 0) is 24.5 Å². The van der Waals surface area contributed by atoms with Gasteiger partial charge in [-0.25, -0.2) is 0 Å². The summed E-state index contributed by atoms with van der Waals surface area (Å²) in [5.74, 6) is 0.457. The molecular formula is C18H30Na3O5P. The molecule has 27 heavy (non-hydrogen) atoms. The van der Waals surface area contributed by atoms with Gasteiger partial charge in [0.25, 0.3) is 0 Å². The number of rotatable bonds is 11. The van der Waals surface area contributed by atoms with Gasteiger partial charge < -0.3 is 24.4 Å². The molecule has 0 aliphatic carbocycles. The summed E-state index contributed by atoms with van der Waals surface area (Å²) >= 11 is 0. The van der Waals surface area contributed by atoms with Crippen molar-refractivity contribution in [3.05, 3.63) is 29.8 Å². The Morgan fingerprint density at radius 3 is 1.56 bits per heavy atom. The molecule has 0 aromatic heterocycles. The second-order valence-corrected chi connectivity index (χ2v) is 6.90. The van der Waals surface area contributed by atoms with Crippen molar-refractivity contribution in [1.82, 2.24) is 0 Å². The fourth-order valence-corrected chi connectivity index (χ4v) is 2.53. The predicted molar refractivity (Wildman–Crippen MR) is 91.3 cm³/mol. The quantitative estimate of drug-likeness (QED) is 0.216. The van der Waals surface area contributed by atoms with Gasteiger partial charge >= 0.3 is 88.7 Å². The van der Waals surface area contributed by atoms with E-state index in [1.54, 1.807) is 6.07 Å². The smallest absolute Gasteiger partial charge is 0.822 e. The van der Waals surface area contributed by atoms with Gasteiger partial charge in [-0.1, -0.05) is 82.9 Å². The van der Waals surface area contributed by atoms with E-state index in [9.17, 15) is 5.11 Å². The van der Waals surface area contributed by atoms with Gasteiger partial charge in [-0.15, -0.1) is 0 Å². The molecule has 0 radical (unpaired) electrons. The van der Waals surface area contributed by atoms with Gasteiger partial charge in [0, 0.05) is 0 Å². The molecule has 0 aliphatic heterocycles. The SMILES string of the molecule is CCCCCCCCCCCCc1ccccc1O.O=P([O-])([O-])[O-].[Na+].[Na+].[Na+]. The van der Waals surface area contributed by atoms with Gasteiger partial charge in [0.15, 0.2) is 0 Å². The Kier molecular flexibility index (Phi) is 33.0. The monoisotopic (exact) mass is 426 g/mol. The molecule has 0 unspecified atom stereocenters. The van der Waals surface area contributed by atoms with Crippen LogP contribution in [-0.4, -0.2) is 5.11 Å². The number of aryl methyl sites for hydroxylation is 1. The largest absolute Gasteiger partial charge is 1.00 e. The van der Waals surface area contributed by atoms with Gasteiger partial charge in [-0.3, -0.25) is 0 Å². The summed E-state index contributed by atoms with van der Waals surface area (Å²) in [6, 6.07) is 7.71. The van der Waals surface area contributed by atoms with Crippen LogP contribution in [0, 0.1) is 0 Å². The predicted octanol–water partition coefficient (Wildman–Crippen LogP) is -5.96. The van der Waals surface area contributed by atoms with Crippen molar-refractivity contribution in [2.75, 3.05) is 0 Å². The molecule has 0 aliphatic rings. The van der Waals surface area contributed by atoms with E-state index >= 15 is 0 Å². The second kappa shape index (κ2) is 24.4. The Bertz CT molecular complexity index is 464. The molecule has 1 N–H and O–H groups in total. The first-order valence-corrected chi connectivity index (χ1v) is 10.3. The zero-order valence-electron chi connectivity index (χ0n) is 17.6. The summed E-state index contributed by atoms with van der Waals surface area (Å²) in [4.78, 5) is 25.6. The minimum absolute atomic E-state index is 0. The van der Waals surface area contributed by atoms with Crippen LogP contribution in [0.15, 0.2) is 24.3 Å². The van der Waals surface area contributed by atoms with E-state index < -0.39 is 7.82 Å². The van der Waals surface area contributed by atoms with E-state index in [0.29, 0.717) is 5.75 Å². The molecule has 0 heterocycles. The summed E-state index contributed by atoms with van der Waals surface area (Å²) in [7, 11) is -5.39.